The summed E-state index contributed by atoms with van der Waals surface area (Å²) >= 11 is 0. The molecule has 0 aliphatic carbocycles. The Bertz CT molecular complexity index is 2170. The third kappa shape index (κ3) is 5.18. The van der Waals surface area contributed by atoms with E-state index < -0.39 is 5.60 Å². The minimum Gasteiger partial charge on any atom is -0.473 e. The normalized spacial score (nSPS) is 15.1. The molecule has 1 unspecified atom stereocenters. The maximum absolute atomic E-state index is 11.1. The molecule has 3 nitrogen and oxygen atoms in total. The number of carbonyl (C=O) groups excluding carboxylic acids is 1. The standard InChI is InChI=1S/C44H31NO2/c46-31-32-16-18-33(19-17-32)34-20-23-37(24-21-34)44(36-10-4-1-5-11-36)29-28-42-41-26-25-40(30-35(41)22-27-43(42)47-44)45(38-12-6-2-7-13-38)39-14-8-3-9-15-39/h1-31H. The van der Waals surface area contributed by atoms with Crippen LogP contribution in [-0.4, -0.2) is 6.29 Å². The fraction of sp³-hybridized carbons (Fsp3) is 0.0227. The lowest BCUT2D eigenvalue weighted by Crippen LogP contribution is -2.34. The minimum atomic E-state index is -0.792. The zero-order chi connectivity index (χ0) is 31.6. The predicted molar refractivity (Wildman–Crippen MR) is 193 cm³/mol. The molecule has 0 aromatic heterocycles. The van der Waals surface area contributed by atoms with E-state index in [0.717, 1.165) is 67.7 Å². The molecule has 1 atom stereocenters. The topological polar surface area (TPSA) is 29.5 Å². The molecule has 0 amide bonds. The van der Waals surface area contributed by atoms with Gasteiger partial charge in [0.15, 0.2) is 5.60 Å². The molecule has 7 aromatic carbocycles. The van der Waals surface area contributed by atoms with E-state index in [4.69, 9.17) is 4.74 Å². The largest absolute Gasteiger partial charge is 0.473 e. The van der Waals surface area contributed by atoms with Gasteiger partial charge in [-0.2, -0.15) is 0 Å². The van der Waals surface area contributed by atoms with Gasteiger partial charge in [0.2, 0.25) is 0 Å². The molecule has 1 aliphatic rings. The Kier molecular flexibility index (Phi) is 7.20. The molecule has 0 bridgehead atoms. The third-order valence-corrected chi connectivity index (χ3v) is 8.94. The van der Waals surface area contributed by atoms with E-state index in [1.807, 2.05) is 42.5 Å². The molecule has 3 heteroatoms. The molecule has 224 valence electrons. The van der Waals surface area contributed by atoms with Crippen LogP contribution in [0, 0.1) is 0 Å². The molecule has 7 aromatic rings. The van der Waals surface area contributed by atoms with Gasteiger partial charge < -0.3 is 9.64 Å². The molecule has 0 fully saturated rings. The number of hydrogen-bond donors (Lipinski definition) is 0. The Morgan fingerprint density at radius 1 is 0.532 bits per heavy atom. The highest BCUT2D eigenvalue weighted by Gasteiger charge is 2.37. The molecule has 0 saturated carbocycles. The van der Waals surface area contributed by atoms with Crippen molar-refractivity contribution in [2.75, 3.05) is 4.90 Å². The van der Waals surface area contributed by atoms with Gasteiger partial charge in [-0.15, -0.1) is 0 Å². The highest BCUT2D eigenvalue weighted by molar-refractivity contribution is 5.97. The summed E-state index contributed by atoms with van der Waals surface area (Å²) in [7, 11) is 0. The molecule has 1 aliphatic heterocycles. The van der Waals surface area contributed by atoms with Crippen LogP contribution in [0.1, 0.15) is 27.0 Å². The third-order valence-electron chi connectivity index (χ3n) is 8.94. The summed E-state index contributed by atoms with van der Waals surface area (Å²) in [5.41, 5.74) is 8.49. The summed E-state index contributed by atoms with van der Waals surface area (Å²) in [6.07, 6.45) is 5.27. The van der Waals surface area contributed by atoms with E-state index in [-0.39, 0.29) is 0 Å². The zero-order valence-corrected chi connectivity index (χ0v) is 25.7. The van der Waals surface area contributed by atoms with E-state index in [1.54, 1.807) is 0 Å². The van der Waals surface area contributed by atoms with E-state index in [9.17, 15) is 4.79 Å². The number of fused-ring (bicyclic) bond motifs is 3. The van der Waals surface area contributed by atoms with Crippen LogP contribution < -0.4 is 9.64 Å². The average molecular weight is 606 g/mol. The van der Waals surface area contributed by atoms with Crippen LogP contribution in [0.4, 0.5) is 17.1 Å². The Morgan fingerprint density at radius 2 is 1.11 bits per heavy atom. The van der Waals surface area contributed by atoms with Crippen molar-refractivity contribution < 1.29 is 9.53 Å². The fourth-order valence-corrected chi connectivity index (χ4v) is 6.56. The molecule has 47 heavy (non-hydrogen) atoms. The van der Waals surface area contributed by atoms with Gasteiger partial charge in [0.25, 0.3) is 0 Å². The number of anilines is 3. The predicted octanol–water partition coefficient (Wildman–Crippen LogP) is 11.1. The fourth-order valence-electron chi connectivity index (χ4n) is 6.56. The zero-order valence-electron chi connectivity index (χ0n) is 25.7. The summed E-state index contributed by atoms with van der Waals surface area (Å²) in [4.78, 5) is 13.4. The van der Waals surface area contributed by atoms with E-state index in [2.05, 4.69) is 144 Å². The van der Waals surface area contributed by atoms with Crippen LogP contribution in [0.3, 0.4) is 0 Å². The molecule has 0 N–H and O–H groups in total. The first-order valence-electron chi connectivity index (χ1n) is 15.8. The highest BCUT2D eigenvalue weighted by Crippen LogP contribution is 2.45. The SMILES string of the molecule is O=Cc1ccc(-c2ccc(C3(c4ccccc4)C=Cc4c(ccc5cc(N(c6ccccc6)c6ccccc6)ccc45)O3)cc2)cc1. The van der Waals surface area contributed by atoms with Gasteiger partial charge >= 0.3 is 0 Å². The lowest BCUT2D eigenvalue weighted by molar-refractivity contribution is 0.112. The molecule has 0 saturated heterocycles. The van der Waals surface area contributed by atoms with Crippen LogP contribution in [0.5, 0.6) is 5.75 Å². The van der Waals surface area contributed by atoms with Crippen molar-refractivity contribution >= 4 is 40.2 Å². The van der Waals surface area contributed by atoms with E-state index in [0.29, 0.717) is 5.56 Å². The van der Waals surface area contributed by atoms with Crippen LogP contribution >= 0.6 is 0 Å². The first-order chi connectivity index (χ1) is 23.2. The summed E-state index contributed by atoms with van der Waals surface area (Å²) in [5, 5.41) is 2.28. The first kappa shape index (κ1) is 28.3. The number of ether oxygens (including phenoxy) is 1. The molecule has 0 spiro atoms. The number of nitrogens with zero attached hydrogens (tertiary/aromatic N) is 1. The van der Waals surface area contributed by atoms with Crippen LogP contribution in [-0.2, 0) is 5.60 Å². The second kappa shape index (κ2) is 12.0. The summed E-state index contributed by atoms with van der Waals surface area (Å²) in [6.45, 7) is 0. The lowest BCUT2D eigenvalue weighted by atomic mass is 9.82. The van der Waals surface area contributed by atoms with Gasteiger partial charge in [0.1, 0.15) is 12.0 Å². The van der Waals surface area contributed by atoms with Crippen molar-refractivity contribution in [3.63, 3.8) is 0 Å². The Labute approximate surface area is 274 Å². The average Bonchev–Trinajstić information content (AvgIpc) is 3.16. The smallest absolute Gasteiger partial charge is 0.178 e. The summed E-state index contributed by atoms with van der Waals surface area (Å²) in [6, 6.07) is 58.4. The Hall–Kier alpha value is -6.19. The van der Waals surface area contributed by atoms with Crippen molar-refractivity contribution in [3.8, 4) is 16.9 Å². The van der Waals surface area contributed by atoms with Crippen molar-refractivity contribution in [3.05, 3.63) is 198 Å². The summed E-state index contributed by atoms with van der Waals surface area (Å²) in [5.74, 6) is 0.841. The molecule has 8 rings (SSSR count). The maximum Gasteiger partial charge on any atom is 0.178 e. The first-order valence-corrected chi connectivity index (χ1v) is 15.8. The molecule has 0 radical (unpaired) electrons. The number of benzene rings is 7. The van der Waals surface area contributed by atoms with E-state index >= 15 is 0 Å². The molecular formula is C44H31NO2. The number of rotatable bonds is 7. The quantitative estimate of drug-likeness (QED) is 0.169. The van der Waals surface area contributed by atoms with Crippen LogP contribution in [0.15, 0.2) is 176 Å². The summed E-state index contributed by atoms with van der Waals surface area (Å²) < 4.78 is 7.06. The maximum atomic E-state index is 11.1. The van der Waals surface area contributed by atoms with Crippen molar-refractivity contribution in [2.24, 2.45) is 0 Å². The lowest BCUT2D eigenvalue weighted by Gasteiger charge is -2.36. The second-order valence-electron chi connectivity index (χ2n) is 11.7. The van der Waals surface area contributed by atoms with Crippen LogP contribution in [0.25, 0.3) is 28.0 Å². The van der Waals surface area contributed by atoms with E-state index in [1.165, 1.54) is 0 Å². The van der Waals surface area contributed by atoms with Gasteiger partial charge in [-0.25, -0.2) is 0 Å². The van der Waals surface area contributed by atoms with Gasteiger partial charge in [0.05, 0.1) is 0 Å². The number of para-hydroxylation sites is 2. The van der Waals surface area contributed by atoms with Gasteiger partial charge in [-0.3, -0.25) is 4.79 Å². The van der Waals surface area contributed by atoms with Gasteiger partial charge in [-0.1, -0.05) is 127 Å². The van der Waals surface area contributed by atoms with Crippen molar-refractivity contribution in [1.82, 2.24) is 0 Å². The van der Waals surface area contributed by atoms with Gasteiger partial charge in [0, 0.05) is 39.3 Å². The minimum absolute atomic E-state index is 0.668. The van der Waals surface area contributed by atoms with Crippen molar-refractivity contribution in [2.45, 2.75) is 5.60 Å². The Morgan fingerprint density at radius 3 is 1.72 bits per heavy atom. The number of hydrogen-bond acceptors (Lipinski definition) is 3. The number of carbonyl (C=O) groups is 1. The second-order valence-corrected chi connectivity index (χ2v) is 11.7. The molecule has 1 heterocycles. The monoisotopic (exact) mass is 605 g/mol. The Balaban J connectivity index is 1.19. The highest BCUT2D eigenvalue weighted by atomic mass is 16.5. The van der Waals surface area contributed by atoms with Gasteiger partial charge in [-0.05, 0) is 76.5 Å². The van der Waals surface area contributed by atoms with Crippen molar-refractivity contribution in [1.29, 1.82) is 0 Å². The molecular weight excluding hydrogens is 574 g/mol. The number of aldehydes is 1. The van der Waals surface area contributed by atoms with Crippen LogP contribution in [0.2, 0.25) is 0 Å².